The molecule has 2 heterocycles. The first kappa shape index (κ1) is 17.7. The second kappa shape index (κ2) is 8.30. The largest absolute Gasteiger partial charge is 0.379 e. The number of ether oxygens (including phenoxy) is 1. The molecule has 2 amide bonds. The van der Waals surface area contributed by atoms with Gasteiger partial charge < -0.3 is 14.5 Å². The van der Waals surface area contributed by atoms with Gasteiger partial charge in [-0.3, -0.25) is 14.5 Å². The first-order valence-corrected chi connectivity index (χ1v) is 9.57. The van der Waals surface area contributed by atoms with Crippen molar-refractivity contribution in [3.05, 3.63) is 0 Å². The predicted octanol–water partition coefficient (Wildman–Crippen LogP) is 0.958. The Labute approximate surface area is 145 Å². The Bertz CT molecular complexity index is 445. The van der Waals surface area contributed by atoms with Crippen LogP contribution in [0.5, 0.6) is 0 Å². The van der Waals surface area contributed by atoms with E-state index in [4.69, 9.17) is 4.74 Å². The Morgan fingerprint density at radius 3 is 2.58 bits per heavy atom. The third-order valence-electron chi connectivity index (χ3n) is 5.74. The molecule has 3 fully saturated rings. The molecule has 0 aromatic carbocycles. The van der Waals surface area contributed by atoms with Gasteiger partial charge in [-0.1, -0.05) is 12.8 Å². The van der Waals surface area contributed by atoms with Crippen LogP contribution < -0.4 is 0 Å². The van der Waals surface area contributed by atoms with Gasteiger partial charge in [0.25, 0.3) is 0 Å². The van der Waals surface area contributed by atoms with E-state index in [0.717, 1.165) is 58.8 Å². The summed E-state index contributed by atoms with van der Waals surface area (Å²) in [7, 11) is 0. The number of likely N-dealkylation sites (tertiary alicyclic amines) is 1. The highest BCUT2D eigenvalue weighted by atomic mass is 16.5. The molecular formula is C18H31N3O3. The van der Waals surface area contributed by atoms with Crippen molar-refractivity contribution in [1.29, 1.82) is 0 Å². The van der Waals surface area contributed by atoms with Gasteiger partial charge in [-0.25, -0.2) is 0 Å². The van der Waals surface area contributed by atoms with Crippen molar-refractivity contribution in [3.8, 4) is 0 Å². The van der Waals surface area contributed by atoms with Gasteiger partial charge in [0.1, 0.15) is 0 Å². The van der Waals surface area contributed by atoms with Crippen molar-refractivity contribution >= 4 is 11.8 Å². The smallest absolute Gasteiger partial charge is 0.228 e. The summed E-state index contributed by atoms with van der Waals surface area (Å²) in [5.41, 5.74) is 0. The summed E-state index contributed by atoms with van der Waals surface area (Å²) in [4.78, 5) is 31.5. The minimum Gasteiger partial charge on any atom is -0.379 e. The van der Waals surface area contributed by atoms with Gasteiger partial charge in [-0.2, -0.15) is 0 Å². The third kappa shape index (κ3) is 4.09. The van der Waals surface area contributed by atoms with Crippen molar-refractivity contribution < 1.29 is 14.3 Å². The van der Waals surface area contributed by atoms with Gasteiger partial charge in [0.15, 0.2) is 0 Å². The van der Waals surface area contributed by atoms with Crippen LogP contribution >= 0.6 is 0 Å². The summed E-state index contributed by atoms with van der Waals surface area (Å²) in [6, 6.07) is 0.403. The standard InChI is InChI=1S/C18H31N3O3/c1-2-21(16-5-3-4-6-16)18(23)15-13-17(22)20(14-15)8-7-19-9-11-24-12-10-19/h15-16H,2-14H2,1H3/t15-/m1/s1. The summed E-state index contributed by atoms with van der Waals surface area (Å²) in [6.07, 6.45) is 5.10. The fourth-order valence-electron chi connectivity index (χ4n) is 4.29. The SMILES string of the molecule is CCN(C(=O)[C@@H]1CC(=O)N(CCN2CCOCC2)C1)C1CCCC1. The van der Waals surface area contributed by atoms with Crippen molar-refractivity contribution in [3.63, 3.8) is 0 Å². The molecule has 0 unspecified atom stereocenters. The highest BCUT2D eigenvalue weighted by molar-refractivity contribution is 5.89. The second-order valence-corrected chi connectivity index (χ2v) is 7.26. The molecule has 1 saturated carbocycles. The van der Waals surface area contributed by atoms with Crippen molar-refractivity contribution in [2.75, 3.05) is 52.5 Å². The van der Waals surface area contributed by atoms with Gasteiger partial charge >= 0.3 is 0 Å². The average Bonchev–Trinajstić information content (AvgIpc) is 3.25. The number of carbonyl (C=O) groups excluding carboxylic acids is 2. The maximum atomic E-state index is 12.9. The number of carbonyl (C=O) groups is 2. The lowest BCUT2D eigenvalue weighted by Crippen LogP contribution is -2.44. The number of hydrogen-bond donors (Lipinski definition) is 0. The van der Waals surface area contributed by atoms with Gasteiger partial charge in [0, 0.05) is 51.7 Å². The normalized spacial score (nSPS) is 26.3. The summed E-state index contributed by atoms with van der Waals surface area (Å²) < 4.78 is 5.36. The van der Waals surface area contributed by atoms with Crippen LogP contribution in [-0.2, 0) is 14.3 Å². The van der Waals surface area contributed by atoms with Crippen molar-refractivity contribution in [2.45, 2.75) is 45.1 Å². The van der Waals surface area contributed by atoms with E-state index in [1.165, 1.54) is 12.8 Å². The van der Waals surface area contributed by atoms with Crippen LogP contribution in [0, 0.1) is 5.92 Å². The maximum absolute atomic E-state index is 12.9. The first-order valence-electron chi connectivity index (χ1n) is 9.57. The van der Waals surface area contributed by atoms with Gasteiger partial charge in [0.2, 0.25) is 11.8 Å². The molecule has 0 radical (unpaired) electrons. The molecule has 24 heavy (non-hydrogen) atoms. The fourth-order valence-corrected chi connectivity index (χ4v) is 4.29. The Hall–Kier alpha value is -1.14. The molecule has 6 heteroatoms. The van der Waals surface area contributed by atoms with Crippen LogP contribution in [0.15, 0.2) is 0 Å². The third-order valence-corrected chi connectivity index (χ3v) is 5.74. The van der Waals surface area contributed by atoms with Crippen LogP contribution in [0.1, 0.15) is 39.0 Å². The number of amides is 2. The molecule has 1 atom stereocenters. The quantitative estimate of drug-likeness (QED) is 0.724. The zero-order valence-corrected chi connectivity index (χ0v) is 14.9. The Morgan fingerprint density at radius 1 is 1.21 bits per heavy atom. The van der Waals surface area contributed by atoms with Gasteiger partial charge in [0.05, 0.1) is 19.1 Å². The van der Waals surface area contributed by atoms with E-state index in [1.807, 2.05) is 9.80 Å². The zero-order chi connectivity index (χ0) is 16.9. The molecule has 1 aliphatic carbocycles. The highest BCUT2D eigenvalue weighted by Gasteiger charge is 2.38. The Kier molecular flexibility index (Phi) is 6.11. The van der Waals surface area contributed by atoms with Crippen LogP contribution in [0.4, 0.5) is 0 Å². The topological polar surface area (TPSA) is 53.1 Å². The van der Waals surface area contributed by atoms with Crippen LogP contribution in [0.2, 0.25) is 0 Å². The van der Waals surface area contributed by atoms with Crippen LogP contribution in [-0.4, -0.2) is 85.0 Å². The molecule has 3 rings (SSSR count). The van der Waals surface area contributed by atoms with Crippen molar-refractivity contribution in [1.82, 2.24) is 14.7 Å². The van der Waals surface area contributed by atoms with E-state index < -0.39 is 0 Å². The molecule has 3 aliphatic rings. The average molecular weight is 337 g/mol. The molecule has 2 saturated heterocycles. The molecular weight excluding hydrogens is 306 g/mol. The van der Waals surface area contributed by atoms with E-state index in [0.29, 0.717) is 19.0 Å². The maximum Gasteiger partial charge on any atom is 0.228 e. The molecule has 0 spiro atoms. The summed E-state index contributed by atoms with van der Waals surface area (Å²) >= 11 is 0. The molecule has 6 nitrogen and oxygen atoms in total. The van der Waals surface area contributed by atoms with Gasteiger partial charge in [-0.05, 0) is 19.8 Å². The fraction of sp³-hybridized carbons (Fsp3) is 0.889. The van der Waals surface area contributed by atoms with E-state index in [1.54, 1.807) is 0 Å². The molecule has 2 aliphatic heterocycles. The number of morpholine rings is 1. The van der Waals surface area contributed by atoms with Crippen LogP contribution in [0.25, 0.3) is 0 Å². The number of nitrogens with zero attached hydrogens (tertiary/aromatic N) is 3. The minimum absolute atomic E-state index is 0.136. The summed E-state index contributed by atoms with van der Waals surface area (Å²) in [5, 5.41) is 0. The first-order chi connectivity index (χ1) is 11.7. The Morgan fingerprint density at radius 2 is 1.92 bits per heavy atom. The lowest BCUT2D eigenvalue weighted by Gasteiger charge is -2.30. The zero-order valence-electron chi connectivity index (χ0n) is 14.9. The van der Waals surface area contributed by atoms with E-state index in [-0.39, 0.29) is 17.7 Å². The Balaban J connectivity index is 1.50. The second-order valence-electron chi connectivity index (χ2n) is 7.26. The van der Waals surface area contributed by atoms with Crippen LogP contribution in [0.3, 0.4) is 0 Å². The molecule has 0 aromatic rings. The highest BCUT2D eigenvalue weighted by Crippen LogP contribution is 2.27. The molecule has 0 bridgehead atoms. The molecule has 136 valence electrons. The molecule has 0 aromatic heterocycles. The lowest BCUT2D eigenvalue weighted by molar-refractivity contribution is -0.137. The number of rotatable bonds is 6. The summed E-state index contributed by atoms with van der Waals surface area (Å²) in [6.45, 7) is 8.49. The predicted molar refractivity (Wildman–Crippen MR) is 91.6 cm³/mol. The minimum atomic E-state index is -0.136. The van der Waals surface area contributed by atoms with E-state index in [2.05, 4.69) is 11.8 Å². The lowest BCUT2D eigenvalue weighted by atomic mass is 10.1. The van der Waals surface area contributed by atoms with E-state index >= 15 is 0 Å². The van der Waals surface area contributed by atoms with Gasteiger partial charge in [-0.15, -0.1) is 0 Å². The monoisotopic (exact) mass is 337 g/mol. The van der Waals surface area contributed by atoms with Crippen molar-refractivity contribution in [2.24, 2.45) is 5.92 Å². The number of hydrogen-bond acceptors (Lipinski definition) is 4. The van der Waals surface area contributed by atoms with E-state index in [9.17, 15) is 9.59 Å². The summed E-state index contributed by atoms with van der Waals surface area (Å²) in [5.74, 6) is 0.207. The molecule has 0 N–H and O–H groups in total.